The van der Waals surface area contributed by atoms with Gasteiger partial charge in [0.2, 0.25) is 0 Å². The van der Waals surface area contributed by atoms with Crippen molar-refractivity contribution in [2.45, 2.75) is 29.3 Å². The van der Waals surface area contributed by atoms with E-state index in [1.165, 1.54) is 0 Å². The zero-order chi connectivity index (χ0) is 52.3. The van der Waals surface area contributed by atoms with Crippen LogP contribution in [0, 0.1) is 6.92 Å². The summed E-state index contributed by atoms with van der Waals surface area (Å²) in [7, 11) is -1.12. The Kier molecular flexibility index (Phi) is 13.8. The highest BCUT2D eigenvalue weighted by molar-refractivity contribution is 7.42. The van der Waals surface area contributed by atoms with Gasteiger partial charge in [-0.1, -0.05) is 243 Å². The van der Waals surface area contributed by atoms with E-state index >= 15 is 0 Å². The van der Waals surface area contributed by atoms with Crippen molar-refractivity contribution >= 4 is 17.2 Å². The Balaban J connectivity index is 0.995. The molecule has 77 heavy (non-hydrogen) atoms. The molecule has 2 aliphatic rings. The minimum absolute atomic E-state index is 0.401. The van der Waals surface area contributed by atoms with Gasteiger partial charge in [0.25, 0.3) is 0 Å². The third-order valence-corrected chi connectivity index (χ3v) is 17.0. The van der Waals surface area contributed by atoms with E-state index in [0.29, 0.717) is 28.6 Å². The summed E-state index contributed by atoms with van der Waals surface area (Å²) >= 11 is 0. The summed E-state index contributed by atoms with van der Waals surface area (Å²) in [6.45, 7) is 2.03. The molecular weight excluding hydrogens is 995 g/mol. The van der Waals surface area contributed by atoms with Gasteiger partial charge in [-0.3, -0.25) is 18.1 Å². The van der Waals surface area contributed by atoms with Crippen molar-refractivity contribution in [3.8, 4) is 34.1 Å². The van der Waals surface area contributed by atoms with Gasteiger partial charge in [0.1, 0.15) is 11.5 Å². The topological polar surface area (TPSA) is 73.8 Å². The van der Waals surface area contributed by atoms with Crippen LogP contribution < -0.4 is 18.5 Å². The molecule has 0 radical (unpaired) electrons. The van der Waals surface area contributed by atoms with Crippen LogP contribution in [0.2, 0.25) is 0 Å². The lowest BCUT2D eigenvalue weighted by atomic mass is 9.66. The number of aryl methyl sites for hydroxylation is 1. The Bertz CT molecular complexity index is 3240. The van der Waals surface area contributed by atoms with Crippen molar-refractivity contribution < 1.29 is 36.6 Å². The summed E-state index contributed by atoms with van der Waals surface area (Å²) in [6, 6.07) is 91.9. The van der Waals surface area contributed by atoms with E-state index in [9.17, 15) is 0 Å². The summed E-state index contributed by atoms with van der Waals surface area (Å²) in [5.41, 5.74) is 4.60. The van der Waals surface area contributed by atoms with E-state index in [1.54, 1.807) is 14.2 Å². The Labute approximate surface area is 452 Å². The summed E-state index contributed by atoms with van der Waals surface area (Å²) in [5, 5.41) is 0. The van der Waals surface area contributed by atoms with Crippen molar-refractivity contribution in [2.75, 3.05) is 14.2 Å². The van der Waals surface area contributed by atoms with Crippen molar-refractivity contribution in [3.63, 3.8) is 0 Å². The quantitative estimate of drug-likeness (QED) is 0.0941. The molecule has 0 aliphatic carbocycles. The van der Waals surface area contributed by atoms with Crippen LogP contribution in [0.3, 0.4) is 0 Å². The lowest BCUT2D eigenvalue weighted by Gasteiger charge is -2.43. The molecular formula is C67H54O8P2. The summed E-state index contributed by atoms with van der Waals surface area (Å²) in [6.07, 6.45) is 0. The van der Waals surface area contributed by atoms with Crippen LogP contribution in [0.1, 0.15) is 50.1 Å². The molecule has 0 spiro atoms. The molecule has 10 aromatic rings. The molecule has 0 amide bonds. The van der Waals surface area contributed by atoms with Crippen molar-refractivity contribution in [1.82, 2.24) is 0 Å². The van der Waals surface area contributed by atoms with E-state index in [1.807, 2.05) is 183 Å². The highest BCUT2D eigenvalue weighted by Gasteiger charge is 2.68. The average molecular weight is 1050 g/mol. The van der Waals surface area contributed by atoms with Crippen molar-refractivity contribution in [2.24, 2.45) is 0 Å². The fraction of sp³-hybridized carbons (Fsp3) is 0.104. The number of benzene rings is 10. The SMILES string of the molecule is COc1ccc(OP2OC(c3ccccc3)(c3ccccc3)C(c3ccccc3)(c3ccccc3)O2)c(-c2cc(OP3OC(c4ccccc4)(c4ccccc4)C(c4ccccc4)(c4ccccc4)O3)c(OC)cc2C)c1. The second kappa shape index (κ2) is 21.3. The maximum atomic E-state index is 7.58. The van der Waals surface area contributed by atoms with E-state index in [4.69, 9.17) is 36.6 Å². The zero-order valence-corrected chi connectivity index (χ0v) is 44.4. The Morgan fingerprint density at radius 1 is 0.286 bits per heavy atom. The molecule has 2 heterocycles. The zero-order valence-electron chi connectivity index (χ0n) is 42.6. The highest BCUT2D eigenvalue weighted by atomic mass is 31.2. The van der Waals surface area contributed by atoms with Gasteiger partial charge in [0.05, 0.1) is 14.2 Å². The minimum Gasteiger partial charge on any atom is -0.497 e. The summed E-state index contributed by atoms with van der Waals surface area (Å²) in [5.74, 6) is 2.01. The van der Waals surface area contributed by atoms with Crippen LogP contribution in [-0.4, -0.2) is 14.2 Å². The second-order valence-corrected chi connectivity index (χ2v) is 20.8. The van der Waals surface area contributed by atoms with E-state index in [-0.39, 0.29) is 0 Å². The lowest BCUT2D eigenvalue weighted by Crippen LogP contribution is -2.48. The average Bonchev–Trinajstić information content (AvgIpc) is 4.29. The summed E-state index contributed by atoms with van der Waals surface area (Å²) in [4.78, 5) is 0. The maximum absolute atomic E-state index is 7.58. The molecule has 0 bridgehead atoms. The highest BCUT2D eigenvalue weighted by Crippen LogP contribution is 2.72. The van der Waals surface area contributed by atoms with E-state index < -0.39 is 39.6 Å². The van der Waals surface area contributed by atoms with Crippen LogP contribution in [0.5, 0.6) is 23.0 Å². The predicted molar refractivity (Wildman–Crippen MR) is 304 cm³/mol. The third kappa shape index (κ3) is 8.50. The summed E-state index contributed by atoms with van der Waals surface area (Å²) < 4.78 is 56.7. The standard InChI is InChI=1S/C67H54O8P2/c1-49-46-62(69-3)63(71-77-74-66(54-36-20-8-21-37-54,55-38-22-9-23-39-55)67(75-77,56-40-24-10-25-41-56)57-42-26-11-27-43-57)48-59(49)60-47-58(68-2)44-45-61(60)70-76-72-64(50-28-12-4-13-29-50,51-30-14-5-15-31-51)65(73-76,52-32-16-6-17-33-52)53-34-18-7-19-35-53/h4-48H,1-3H3. The van der Waals surface area contributed by atoms with E-state index in [2.05, 4.69) is 97.1 Å². The Morgan fingerprint density at radius 2 is 0.571 bits per heavy atom. The van der Waals surface area contributed by atoms with Crippen LogP contribution in [-0.2, 0) is 40.5 Å². The van der Waals surface area contributed by atoms with Gasteiger partial charge in [-0.2, -0.15) is 0 Å². The van der Waals surface area contributed by atoms with Gasteiger partial charge >= 0.3 is 17.2 Å². The van der Waals surface area contributed by atoms with E-state index in [0.717, 1.165) is 55.6 Å². The van der Waals surface area contributed by atoms with Gasteiger partial charge < -0.3 is 18.5 Å². The van der Waals surface area contributed by atoms with Crippen LogP contribution in [0.25, 0.3) is 11.1 Å². The van der Waals surface area contributed by atoms with Gasteiger partial charge in [0, 0.05) is 5.56 Å². The number of hydrogen-bond donors (Lipinski definition) is 0. The van der Waals surface area contributed by atoms with Gasteiger partial charge in [-0.05, 0) is 92.9 Å². The number of rotatable bonds is 15. The third-order valence-electron chi connectivity index (χ3n) is 14.6. The molecule has 380 valence electrons. The number of hydrogen-bond acceptors (Lipinski definition) is 8. The fourth-order valence-corrected chi connectivity index (χ4v) is 14.3. The molecule has 8 nitrogen and oxygen atoms in total. The maximum Gasteiger partial charge on any atom is 0.400 e. The fourth-order valence-electron chi connectivity index (χ4n) is 11.2. The first-order valence-corrected chi connectivity index (χ1v) is 27.7. The first-order chi connectivity index (χ1) is 37.9. The second-order valence-electron chi connectivity index (χ2n) is 18.8. The normalized spacial score (nSPS) is 16.4. The Hall–Kier alpha value is -7.90. The van der Waals surface area contributed by atoms with Crippen LogP contribution in [0.15, 0.2) is 273 Å². The first kappa shape index (κ1) is 49.9. The molecule has 0 saturated carbocycles. The van der Waals surface area contributed by atoms with Gasteiger partial charge in [-0.25, -0.2) is 0 Å². The van der Waals surface area contributed by atoms with Gasteiger partial charge in [-0.15, -0.1) is 0 Å². The first-order valence-electron chi connectivity index (χ1n) is 25.5. The lowest BCUT2D eigenvalue weighted by molar-refractivity contribution is 0.00370. The molecule has 0 N–H and O–H groups in total. The number of methoxy groups -OCH3 is 2. The predicted octanol–water partition coefficient (Wildman–Crippen LogP) is 16.8. The molecule has 12 rings (SSSR count). The molecule has 10 heteroatoms. The molecule has 2 fully saturated rings. The molecule has 0 aromatic heterocycles. The van der Waals surface area contributed by atoms with Crippen LogP contribution >= 0.6 is 17.2 Å². The van der Waals surface area contributed by atoms with Gasteiger partial charge in [0.15, 0.2) is 33.9 Å². The van der Waals surface area contributed by atoms with Crippen LogP contribution in [0.4, 0.5) is 0 Å². The molecule has 0 unspecified atom stereocenters. The molecule has 10 aromatic carbocycles. The molecule has 0 atom stereocenters. The monoisotopic (exact) mass is 1050 g/mol. The smallest absolute Gasteiger partial charge is 0.400 e. The van der Waals surface area contributed by atoms with Crippen molar-refractivity contribution in [1.29, 1.82) is 0 Å². The number of ether oxygens (including phenoxy) is 2. The minimum atomic E-state index is -2.22. The molecule has 2 saturated heterocycles. The molecule has 2 aliphatic heterocycles. The largest absolute Gasteiger partial charge is 0.497 e. The Morgan fingerprint density at radius 3 is 0.844 bits per heavy atom. The van der Waals surface area contributed by atoms with Crippen molar-refractivity contribution in [3.05, 3.63) is 323 Å².